The van der Waals surface area contributed by atoms with Crippen LogP contribution in [0, 0.1) is 0 Å². The Morgan fingerprint density at radius 1 is 1.09 bits per heavy atom. The summed E-state index contributed by atoms with van der Waals surface area (Å²) in [5, 5.41) is 4.71. The summed E-state index contributed by atoms with van der Waals surface area (Å²) in [5.74, 6) is -0.384. The first kappa shape index (κ1) is 15.0. The normalized spacial score (nSPS) is 10.7. The highest BCUT2D eigenvalue weighted by Gasteiger charge is 2.22. The van der Waals surface area contributed by atoms with E-state index in [1.54, 1.807) is 28.8 Å². The SMILES string of the molecule is CCN(C(=O)c1nn(C)c2ccccc2c1=O)c1ccccc1. The standard InChI is InChI=1S/C18H17N3O2/c1-3-21(13-9-5-4-6-10-13)18(23)16-17(22)14-11-7-8-12-15(14)20(2)19-16/h4-12H,3H2,1-2H3. The van der Waals surface area contributed by atoms with Gasteiger partial charge in [-0.15, -0.1) is 0 Å². The van der Waals surface area contributed by atoms with Crippen molar-refractivity contribution in [2.45, 2.75) is 6.92 Å². The van der Waals surface area contributed by atoms with E-state index in [4.69, 9.17) is 0 Å². The van der Waals surface area contributed by atoms with Crippen LogP contribution >= 0.6 is 0 Å². The van der Waals surface area contributed by atoms with Crippen LogP contribution < -0.4 is 10.3 Å². The molecule has 1 aromatic heterocycles. The number of carbonyl (C=O) groups is 1. The molecule has 2 aromatic carbocycles. The first-order valence-corrected chi connectivity index (χ1v) is 7.46. The second kappa shape index (κ2) is 6.04. The molecular weight excluding hydrogens is 290 g/mol. The topological polar surface area (TPSA) is 55.2 Å². The van der Waals surface area contributed by atoms with E-state index >= 15 is 0 Å². The highest BCUT2D eigenvalue weighted by molar-refractivity contribution is 6.05. The summed E-state index contributed by atoms with van der Waals surface area (Å²) in [6.07, 6.45) is 0. The molecule has 0 saturated heterocycles. The van der Waals surface area contributed by atoms with Gasteiger partial charge in [0.2, 0.25) is 5.43 Å². The van der Waals surface area contributed by atoms with Crippen LogP contribution in [-0.4, -0.2) is 22.2 Å². The van der Waals surface area contributed by atoms with Gasteiger partial charge >= 0.3 is 0 Å². The van der Waals surface area contributed by atoms with Crippen LogP contribution in [0.4, 0.5) is 5.69 Å². The quantitative estimate of drug-likeness (QED) is 0.747. The molecule has 0 atom stereocenters. The van der Waals surface area contributed by atoms with Crippen LogP contribution in [0.15, 0.2) is 59.4 Å². The minimum Gasteiger partial charge on any atom is -0.307 e. The average Bonchev–Trinajstić information content (AvgIpc) is 2.59. The molecule has 1 heterocycles. The van der Waals surface area contributed by atoms with Crippen LogP contribution in [0.5, 0.6) is 0 Å². The van der Waals surface area contributed by atoms with Gasteiger partial charge < -0.3 is 4.90 Å². The van der Waals surface area contributed by atoms with Crippen molar-refractivity contribution in [3.05, 3.63) is 70.5 Å². The number of aromatic nitrogens is 2. The zero-order chi connectivity index (χ0) is 16.4. The van der Waals surface area contributed by atoms with E-state index in [1.165, 1.54) is 0 Å². The molecule has 0 bridgehead atoms. The summed E-state index contributed by atoms with van der Waals surface area (Å²) in [5.41, 5.74) is 1.06. The van der Waals surface area contributed by atoms with E-state index in [-0.39, 0.29) is 17.0 Å². The molecular formula is C18H17N3O2. The number of para-hydroxylation sites is 2. The number of fused-ring (bicyclic) bond motifs is 1. The molecule has 116 valence electrons. The highest BCUT2D eigenvalue weighted by atomic mass is 16.2. The van der Waals surface area contributed by atoms with Crippen LogP contribution in [0.25, 0.3) is 10.9 Å². The Morgan fingerprint density at radius 3 is 2.43 bits per heavy atom. The number of rotatable bonds is 3. The lowest BCUT2D eigenvalue weighted by molar-refractivity contribution is 0.0980. The second-order valence-electron chi connectivity index (χ2n) is 5.20. The van der Waals surface area contributed by atoms with Gasteiger partial charge in [0.15, 0.2) is 5.69 Å². The summed E-state index contributed by atoms with van der Waals surface area (Å²) in [4.78, 5) is 27.0. The molecule has 0 saturated carbocycles. The van der Waals surface area contributed by atoms with Gasteiger partial charge in [-0.05, 0) is 31.2 Å². The maximum atomic E-state index is 12.8. The van der Waals surface area contributed by atoms with Crippen LogP contribution in [0.1, 0.15) is 17.4 Å². The molecule has 0 unspecified atom stereocenters. The van der Waals surface area contributed by atoms with Gasteiger partial charge in [0.05, 0.1) is 5.52 Å². The van der Waals surface area contributed by atoms with Gasteiger partial charge in [-0.3, -0.25) is 14.3 Å². The third kappa shape index (κ3) is 2.61. The zero-order valence-corrected chi connectivity index (χ0v) is 13.1. The van der Waals surface area contributed by atoms with E-state index in [2.05, 4.69) is 5.10 Å². The lowest BCUT2D eigenvalue weighted by atomic mass is 10.2. The Hall–Kier alpha value is -2.95. The Balaban J connectivity index is 2.14. The van der Waals surface area contributed by atoms with E-state index in [1.807, 2.05) is 49.4 Å². The second-order valence-corrected chi connectivity index (χ2v) is 5.20. The molecule has 0 aliphatic rings. The van der Waals surface area contributed by atoms with Crippen molar-refractivity contribution in [2.24, 2.45) is 7.05 Å². The zero-order valence-electron chi connectivity index (χ0n) is 13.1. The smallest absolute Gasteiger partial charge is 0.282 e. The monoisotopic (exact) mass is 307 g/mol. The van der Waals surface area contributed by atoms with E-state index in [0.29, 0.717) is 17.4 Å². The molecule has 0 aliphatic heterocycles. The predicted octanol–water partition coefficient (Wildman–Crippen LogP) is 2.60. The maximum Gasteiger partial charge on any atom is 0.282 e. The predicted molar refractivity (Wildman–Crippen MR) is 90.8 cm³/mol. The third-order valence-corrected chi connectivity index (χ3v) is 3.79. The Morgan fingerprint density at radius 2 is 1.74 bits per heavy atom. The average molecular weight is 307 g/mol. The molecule has 0 radical (unpaired) electrons. The van der Waals surface area contributed by atoms with Gasteiger partial charge in [-0.2, -0.15) is 5.10 Å². The number of aryl methyl sites for hydroxylation is 1. The molecule has 23 heavy (non-hydrogen) atoms. The molecule has 0 aliphatic carbocycles. The van der Waals surface area contributed by atoms with Crippen molar-refractivity contribution in [1.29, 1.82) is 0 Å². The van der Waals surface area contributed by atoms with Crippen LogP contribution in [0.2, 0.25) is 0 Å². The molecule has 0 spiro atoms. The van der Waals surface area contributed by atoms with E-state index in [9.17, 15) is 9.59 Å². The van der Waals surface area contributed by atoms with Crippen molar-refractivity contribution in [3.63, 3.8) is 0 Å². The Labute approximate surface area is 133 Å². The van der Waals surface area contributed by atoms with E-state index < -0.39 is 0 Å². The molecule has 5 nitrogen and oxygen atoms in total. The van der Waals surface area contributed by atoms with Crippen LogP contribution in [-0.2, 0) is 7.05 Å². The van der Waals surface area contributed by atoms with Gasteiger partial charge in [-0.25, -0.2) is 0 Å². The maximum absolute atomic E-state index is 12.8. The summed E-state index contributed by atoms with van der Waals surface area (Å²) >= 11 is 0. The third-order valence-electron chi connectivity index (χ3n) is 3.79. The summed E-state index contributed by atoms with van der Waals surface area (Å²) in [7, 11) is 1.73. The largest absolute Gasteiger partial charge is 0.307 e. The molecule has 3 rings (SSSR count). The fourth-order valence-corrected chi connectivity index (χ4v) is 2.64. The number of hydrogen-bond donors (Lipinski definition) is 0. The number of anilines is 1. The fourth-order valence-electron chi connectivity index (χ4n) is 2.64. The number of amides is 1. The van der Waals surface area contributed by atoms with Gasteiger partial charge in [0.25, 0.3) is 5.91 Å². The van der Waals surface area contributed by atoms with Gasteiger partial charge in [0, 0.05) is 24.7 Å². The molecule has 5 heteroatoms. The molecule has 0 fully saturated rings. The summed E-state index contributed by atoms with van der Waals surface area (Å²) in [6, 6.07) is 16.4. The first-order valence-electron chi connectivity index (χ1n) is 7.46. The number of hydrogen-bond acceptors (Lipinski definition) is 3. The number of benzene rings is 2. The summed E-state index contributed by atoms with van der Waals surface area (Å²) in [6.45, 7) is 2.33. The van der Waals surface area contributed by atoms with Gasteiger partial charge in [-0.1, -0.05) is 30.3 Å². The lowest BCUT2D eigenvalue weighted by Crippen LogP contribution is -2.36. The van der Waals surface area contributed by atoms with Crippen molar-refractivity contribution in [1.82, 2.24) is 9.78 Å². The Kier molecular flexibility index (Phi) is 3.93. The van der Waals surface area contributed by atoms with Crippen LogP contribution in [0.3, 0.4) is 0 Å². The minimum atomic E-state index is -0.384. The van der Waals surface area contributed by atoms with E-state index in [0.717, 1.165) is 5.69 Å². The number of nitrogens with zero attached hydrogens (tertiary/aromatic N) is 3. The van der Waals surface area contributed by atoms with Gasteiger partial charge in [0.1, 0.15) is 0 Å². The highest BCUT2D eigenvalue weighted by Crippen LogP contribution is 2.16. The van der Waals surface area contributed by atoms with Crippen molar-refractivity contribution >= 4 is 22.5 Å². The van der Waals surface area contributed by atoms with Crippen molar-refractivity contribution < 1.29 is 4.79 Å². The summed E-state index contributed by atoms with van der Waals surface area (Å²) < 4.78 is 1.57. The lowest BCUT2D eigenvalue weighted by Gasteiger charge is -2.20. The number of carbonyl (C=O) groups excluding carboxylic acids is 1. The molecule has 1 amide bonds. The first-order chi connectivity index (χ1) is 11.1. The molecule has 0 N–H and O–H groups in total. The Bertz CT molecular complexity index is 916. The minimum absolute atomic E-state index is 0.0584. The molecule has 3 aromatic rings. The van der Waals surface area contributed by atoms with Crippen molar-refractivity contribution in [2.75, 3.05) is 11.4 Å². The van der Waals surface area contributed by atoms with Crippen molar-refractivity contribution in [3.8, 4) is 0 Å². The fraction of sp³-hybridized carbons (Fsp3) is 0.167.